The Labute approximate surface area is 110 Å². The summed E-state index contributed by atoms with van der Waals surface area (Å²) in [7, 11) is -2.58. The van der Waals surface area contributed by atoms with Crippen molar-refractivity contribution in [3.8, 4) is 0 Å². The molecule has 1 aromatic carbocycles. The van der Waals surface area contributed by atoms with Gasteiger partial charge in [-0.25, -0.2) is 4.67 Å². The van der Waals surface area contributed by atoms with Gasteiger partial charge in [-0.2, -0.15) is 0 Å². The number of ether oxygens (including phenoxy) is 1. The molecule has 1 fully saturated rings. The average molecular weight is 267 g/mol. The Morgan fingerprint density at radius 3 is 2.17 bits per heavy atom. The Morgan fingerprint density at radius 1 is 1.11 bits per heavy atom. The van der Waals surface area contributed by atoms with Crippen molar-refractivity contribution in [3.05, 3.63) is 30.3 Å². The summed E-state index contributed by atoms with van der Waals surface area (Å²) < 4.78 is 21.2. The van der Waals surface area contributed by atoms with E-state index in [1.54, 1.807) is 0 Å². The Morgan fingerprint density at radius 2 is 1.67 bits per heavy atom. The second-order valence-corrected chi connectivity index (χ2v) is 9.22. The Kier molecular flexibility index (Phi) is 3.96. The minimum absolute atomic E-state index is 0.258. The van der Waals surface area contributed by atoms with Gasteiger partial charge in [0, 0.05) is 23.6 Å². The molecule has 1 atom stereocenters. The lowest BCUT2D eigenvalue weighted by Crippen LogP contribution is -2.42. The van der Waals surface area contributed by atoms with Gasteiger partial charge in [0.25, 0.3) is 0 Å². The Hall–Kier alpha value is -0.630. The highest BCUT2D eigenvalue weighted by Gasteiger charge is 2.43. The van der Waals surface area contributed by atoms with Crippen molar-refractivity contribution in [2.45, 2.75) is 25.9 Å². The first-order valence-corrected chi connectivity index (χ1v) is 8.11. The number of rotatable bonds is 2. The Bertz CT molecular complexity index is 433. The van der Waals surface area contributed by atoms with Crippen molar-refractivity contribution in [3.63, 3.8) is 0 Å². The number of morpholine rings is 1. The third kappa shape index (κ3) is 2.40. The minimum Gasteiger partial charge on any atom is -0.379 e. The third-order valence-corrected chi connectivity index (χ3v) is 7.41. The molecule has 100 valence electrons. The maximum Gasteiger partial charge on any atom is 0.183 e. The zero-order chi connectivity index (χ0) is 13.2. The highest BCUT2D eigenvalue weighted by atomic mass is 31.2. The van der Waals surface area contributed by atoms with Gasteiger partial charge in [0.2, 0.25) is 0 Å². The van der Waals surface area contributed by atoms with Crippen LogP contribution in [0.25, 0.3) is 0 Å². The van der Waals surface area contributed by atoms with Gasteiger partial charge in [0.05, 0.1) is 13.2 Å². The minimum atomic E-state index is -2.58. The van der Waals surface area contributed by atoms with Crippen molar-refractivity contribution in [2.75, 3.05) is 26.3 Å². The summed E-state index contributed by atoms with van der Waals surface area (Å²) in [5.74, 6) is 0. The first-order valence-electron chi connectivity index (χ1n) is 6.45. The lowest BCUT2D eigenvalue weighted by atomic mass is 10.3. The van der Waals surface area contributed by atoms with Crippen molar-refractivity contribution in [2.24, 2.45) is 0 Å². The van der Waals surface area contributed by atoms with Crippen LogP contribution in [0.3, 0.4) is 0 Å². The standard InChI is InChI=1S/C14H22NO2P/c1-14(2,3)18(16,13-7-5-4-6-8-13)15-9-11-17-12-10-15/h4-8H,9-12H2,1-3H3. The zero-order valence-corrected chi connectivity index (χ0v) is 12.3. The van der Waals surface area contributed by atoms with Crippen molar-refractivity contribution in [1.29, 1.82) is 0 Å². The van der Waals surface area contributed by atoms with E-state index in [-0.39, 0.29) is 5.16 Å². The summed E-state index contributed by atoms with van der Waals surface area (Å²) in [6, 6.07) is 9.88. The number of hydrogen-bond donors (Lipinski definition) is 0. The van der Waals surface area contributed by atoms with Crippen LogP contribution >= 0.6 is 7.29 Å². The molecule has 0 amide bonds. The lowest BCUT2D eigenvalue weighted by molar-refractivity contribution is 0.0717. The van der Waals surface area contributed by atoms with Crippen LogP contribution in [0.4, 0.5) is 0 Å². The molecule has 3 nitrogen and oxygen atoms in total. The van der Waals surface area contributed by atoms with Crippen molar-refractivity contribution >= 4 is 12.6 Å². The summed E-state index contributed by atoms with van der Waals surface area (Å²) in [6.07, 6.45) is 0. The van der Waals surface area contributed by atoms with E-state index in [1.807, 2.05) is 30.3 Å². The molecule has 1 saturated heterocycles. The third-order valence-electron chi connectivity index (χ3n) is 3.40. The molecule has 2 rings (SSSR count). The van der Waals surface area contributed by atoms with Gasteiger partial charge in [-0.3, -0.25) is 0 Å². The van der Waals surface area contributed by atoms with Crippen LogP contribution in [0, 0.1) is 0 Å². The van der Waals surface area contributed by atoms with Crippen LogP contribution < -0.4 is 5.30 Å². The number of benzene rings is 1. The summed E-state index contributed by atoms with van der Waals surface area (Å²) >= 11 is 0. The molecule has 1 heterocycles. The van der Waals surface area contributed by atoms with E-state index in [1.165, 1.54) is 0 Å². The summed E-state index contributed by atoms with van der Waals surface area (Å²) in [4.78, 5) is 0. The topological polar surface area (TPSA) is 29.5 Å². The predicted octanol–water partition coefficient (Wildman–Crippen LogP) is 2.72. The van der Waals surface area contributed by atoms with E-state index in [0.29, 0.717) is 13.2 Å². The van der Waals surface area contributed by atoms with Gasteiger partial charge in [-0.15, -0.1) is 0 Å². The molecule has 0 aromatic heterocycles. The van der Waals surface area contributed by atoms with Crippen LogP contribution in [0.1, 0.15) is 20.8 Å². The number of hydrogen-bond acceptors (Lipinski definition) is 2. The van der Waals surface area contributed by atoms with Gasteiger partial charge in [0.15, 0.2) is 7.29 Å². The average Bonchev–Trinajstić information content (AvgIpc) is 2.38. The van der Waals surface area contributed by atoms with E-state index in [9.17, 15) is 4.57 Å². The molecule has 0 spiro atoms. The van der Waals surface area contributed by atoms with Crippen molar-refractivity contribution < 1.29 is 9.30 Å². The molecule has 0 N–H and O–H groups in total. The van der Waals surface area contributed by atoms with E-state index in [4.69, 9.17) is 4.74 Å². The van der Waals surface area contributed by atoms with E-state index < -0.39 is 7.29 Å². The van der Waals surface area contributed by atoms with Crippen LogP contribution in [-0.4, -0.2) is 36.1 Å². The second kappa shape index (κ2) is 5.16. The molecule has 1 unspecified atom stereocenters. The zero-order valence-electron chi connectivity index (χ0n) is 11.4. The van der Waals surface area contributed by atoms with E-state index in [0.717, 1.165) is 18.4 Å². The molecule has 0 saturated carbocycles. The van der Waals surface area contributed by atoms with E-state index in [2.05, 4.69) is 25.4 Å². The summed E-state index contributed by atoms with van der Waals surface area (Å²) in [5.41, 5.74) is 0. The normalized spacial score (nSPS) is 21.5. The van der Waals surface area contributed by atoms with Gasteiger partial charge >= 0.3 is 0 Å². The number of nitrogens with zero attached hydrogens (tertiary/aromatic N) is 1. The van der Waals surface area contributed by atoms with Crippen LogP contribution in [0.2, 0.25) is 0 Å². The maximum atomic E-state index is 13.7. The molecule has 1 aliphatic rings. The quantitative estimate of drug-likeness (QED) is 0.772. The summed E-state index contributed by atoms with van der Waals surface area (Å²) in [5, 5.41) is 0.700. The SMILES string of the molecule is CC(C)(C)P(=O)(c1ccccc1)N1CCOCC1. The molecule has 1 aromatic rings. The first kappa shape index (κ1) is 13.8. The smallest absolute Gasteiger partial charge is 0.183 e. The molecule has 0 bridgehead atoms. The first-order chi connectivity index (χ1) is 8.46. The second-order valence-electron chi connectivity index (χ2n) is 5.65. The van der Waals surface area contributed by atoms with Crippen LogP contribution in [0.5, 0.6) is 0 Å². The van der Waals surface area contributed by atoms with Crippen LogP contribution in [0.15, 0.2) is 30.3 Å². The maximum absolute atomic E-state index is 13.7. The Balaban J connectivity index is 2.44. The molecule has 18 heavy (non-hydrogen) atoms. The van der Waals surface area contributed by atoms with E-state index >= 15 is 0 Å². The molecule has 0 aliphatic carbocycles. The monoisotopic (exact) mass is 267 g/mol. The van der Waals surface area contributed by atoms with Gasteiger partial charge < -0.3 is 9.30 Å². The van der Waals surface area contributed by atoms with Gasteiger partial charge in [-0.05, 0) is 0 Å². The lowest BCUT2D eigenvalue weighted by Gasteiger charge is -2.42. The highest BCUT2D eigenvalue weighted by molar-refractivity contribution is 7.70. The highest BCUT2D eigenvalue weighted by Crippen LogP contribution is 2.59. The predicted molar refractivity (Wildman–Crippen MR) is 75.8 cm³/mol. The van der Waals surface area contributed by atoms with Gasteiger partial charge in [-0.1, -0.05) is 51.1 Å². The fraction of sp³-hybridized carbons (Fsp3) is 0.571. The molecule has 1 aliphatic heterocycles. The van der Waals surface area contributed by atoms with Crippen molar-refractivity contribution in [1.82, 2.24) is 4.67 Å². The van der Waals surface area contributed by atoms with Gasteiger partial charge in [0.1, 0.15) is 0 Å². The molecule has 0 radical (unpaired) electrons. The fourth-order valence-electron chi connectivity index (χ4n) is 2.44. The summed E-state index contributed by atoms with van der Waals surface area (Å²) in [6.45, 7) is 9.05. The van der Waals surface area contributed by atoms with Crippen LogP contribution in [-0.2, 0) is 9.30 Å². The molecular weight excluding hydrogens is 245 g/mol. The largest absolute Gasteiger partial charge is 0.379 e. The molecular formula is C14H22NO2P. The fourth-order valence-corrected chi connectivity index (χ4v) is 5.69. The molecule has 4 heteroatoms.